The molecule has 5 heterocycles. The van der Waals surface area contributed by atoms with Crippen molar-refractivity contribution in [2.24, 2.45) is 4.99 Å². The molecule has 3 aromatic heterocycles. The van der Waals surface area contributed by atoms with E-state index >= 15 is 0 Å². The zero-order valence-corrected chi connectivity index (χ0v) is 20.1. The van der Waals surface area contributed by atoms with Gasteiger partial charge in [-0.25, -0.2) is 9.98 Å². The molecule has 2 N–H and O–H groups in total. The molecule has 9 nitrogen and oxygen atoms in total. The smallest absolute Gasteiger partial charge is 0.251 e. The number of anilines is 1. The lowest BCUT2D eigenvalue weighted by Gasteiger charge is -2.17. The van der Waals surface area contributed by atoms with Gasteiger partial charge in [0.15, 0.2) is 0 Å². The number of aliphatic imine (C=N–C) groups is 1. The van der Waals surface area contributed by atoms with Crippen molar-refractivity contribution < 1.29 is 4.39 Å². The third-order valence-electron chi connectivity index (χ3n) is 6.43. The van der Waals surface area contributed by atoms with Gasteiger partial charge in [-0.2, -0.15) is 9.07 Å². The van der Waals surface area contributed by atoms with E-state index in [2.05, 4.69) is 25.5 Å². The Hall–Kier alpha value is -3.89. The molecule has 1 atom stereocenters. The van der Waals surface area contributed by atoms with E-state index in [1.165, 1.54) is 17.1 Å². The topological polar surface area (TPSA) is 117 Å². The SMILES string of the molecule is Nc1ccc(C2=C(Cl)N=C([C@@H]3CCc4cc(-c5cc(Cl)ccc5-n5cnnn5)cc(=O)n43)C2)c(F)n1. The van der Waals surface area contributed by atoms with E-state index in [0.29, 0.717) is 46.8 Å². The number of hydrogen-bond acceptors (Lipinski definition) is 7. The highest BCUT2D eigenvalue weighted by molar-refractivity contribution is 6.35. The number of aryl methyl sites for hydroxylation is 1. The van der Waals surface area contributed by atoms with E-state index in [1.54, 1.807) is 34.9 Å². The van der Waals surface area contributed by atoms with Gasteiger partial charge in [0.2, 0.25) is 5.95 Å². The maximum Gasteiger partial charge on any atom is 0.251 e. The highest BCUT2D eigenvalue weighted by Gasteiger charge is 2.32. The molecule has 0 aliphatic carbocycles. The van der Waals surface area contributed by atoms with Gasteiger partial charge in [-0.05, 0) is 65.2 Å². The van der Waals surface area contributed by atoms with Crippen LogP contribution in [0.4, 0.5) is 10.2 Å². The summed E-state index contributed by atoms with van der Waals surface area (Å²) in [6.07, 6.45) is 3.14. The second-order valence-electron chi connectivity index (χ2n) is 8.54. The Kier molecular flexibility index (Phi) is 5.42. The van der Waals surface area contributed by atoms with Crippen LogP contribution in [0, 0.1) is 5.95 Å². The van der Waals surface area contributed by atoms with Gasteiger partial charge in [0, 0.05) is 45.6 Å². The van der Waals surface area contributed by atoms with Gasteiger partial charge in [-0.3, -0.25) is 4.79 Å². The molecule has 6 rings (SSSR count). The van der Waals surface area contributed by atoms with Crippen LogP contribution < -0.4 is 11.3 Å². The van der Waals surface area contributed by atoms with Crippen molar-refractivity contribution >= 4 is 40.3 Å². The first-order valence-electron chi connectivity index (χ1n) is 11.1. The Balaban J connectivity index is 1.35. The third-order valence-corrected chi connectivity index (χ3v) is 6.98. The number of fused-ring (bicyclic) bond motifs is 1. The summed E-state index contributed by atoms with van der Waals surface area (Å²) in [7, 11) is 0. The van der Waals surface area contributed by atoms with Crippen LogP contribution in [0.15, 0.2) is 63.7 Å². The molecule has 0 saturated carbocycles. The number of nitrogen functional groups attached to an aromatic ring is 1. The minimum Gasteiger partial charge on any atom is -0.384 e. The summed E-state index contributed by atoms with van der Waals surface area (Å²) < 4.78 is 17.7. The van der Waals surface area contributed by atoms with Gasteiger partial charge in [0.05, 0.1) is 11.7 Å². The molecule has 0 bridgehead atoms. The van der Waals surface area contributed by atoms with Crippen LogP contribution >= 0.6 is 23.2 Å². The first-order valence-corrected chi connectivity index (χ1v) is 11.8. The summed E-state index contributed by atoms with van der Waals surface area (Å²) >= 11 is 12.7. The summed E-state index contributed by atoms with van der Waals surface area (Å²) in [5, 5.41) is 12.1. The van der Waals surface area contributed by atoms with Crippen LogP contribution in [0.3, 0.4) is 0 Å². The van der Waals surface area contributed by atoms with Crippen molar-refractivity contribution in [3.63, 3.8) is 0 Å². The van der Waals surface area contributed by atoms with E-state index in [1.807, 2.05) is 6.07 Å². The molecule has 0 unspecified atom stereocenters. The van der Waals surface area contributed by atoms with Crippen LogP contribution in [-0.2, 0) is 6.42 Å². The van der Waals surface area contributed by atoms with Gasteiger partial charge >= 0.3 is 0 Å². The maximum absolute atomic E-state index is 14.4. The number of rotatable bonds is 4. The molecule has 0 amide bonds. The van der Waals surface area contributed by atoms with Gasteiger partial charge in [0.1, 0.15) is 17.3 Å². The summed E-state index contributed by atoms with van der Waals surface area (Å²) in [5.41, 5.74) is 9.88. The molecular weight excluding hydrogens is 506 g/mol. The van der Waals surface area contributed by atoms with E-state index in [9.17, 15) is 9.18 Å². The zero-order chi connectivity index (χ0) is 25.0. The van der Waals surface area contributed by atoms with Gasteiger partial charge in [-0.1, -0.05) is 23.2 Å². The quantitative estimate of drug-likeness (QED) is 0.317. The molecule has 2 aliphatic heterocycles. The van der Waals surface area contributed by atoms with Crippen molar-refractivity contribution in [1.29, 1.82) is 0 Å². The van der Waals surface area contributed by atoms with Crippen LogP contribution in [0.25, 0.3) is 22.4 Å². The third kappa shape index (κ3) is 3.78. The molecule has 0 fully saturated rings. The number of nitrogens with two attached hydrogens (primary N) is 1. The molecule has 1 aromatic carbocycles. The van der Waals surface area contributed by atoms with E-state index in [-0.39, 0.29) is 28.1 Å². The highest BCUT2D eigenvalue weighted by atomic mass is 35.5. The van der Waals surface area contributed by atoms with Crippen molar-refractivity contribution in [1.82, 2.24) is 29.8 Å². The lowest BCUT2D eigenvalue weighted by atomic mass is 9.99. The summed E-state index contributed by atoms with van der Waals surface area (Å²) in [6, 6.07) is 11.6. The van der Waals surface area contributed by atoms with Crippen molar-refractivity contribution in [2.45, 2.75) is 25.3 Å². The minimum atomic E-state index is -0.701. The lowest BCUT2D eigenvalue weighted by molar-refractivity contribution is 0.581. The molecular formula is C24H17Cl2FN8O. The summed E-state index contributed by atoms with van der Waals surface area (Å²) in [5.74, 6) is -0.615. The van der Waals surface area contributed by atoms with Crippen molar-refractivity contribution in [3.05, 3.63) is 86.5 Å². The molecule has 0 saturated heterocycles. The number of benzene rings is 1. The fourth-order valence-electron chi connectivity index (χ4n) is 4.84. The fraction of sp³-hybridized carbons (Fsp3) is 0.167. The van der Waals surface area contributed by atoms with Crippen LogP contribution in [0.1, 0.15) is 30.1 Å². The maximum atomic E-state index is 14.4. The Morgan fingerprint density at radius 3 is 2.72 bits per heavy atom. The fourth-order valence-corrected chi connectivity index (χ4v) is 5.29. The number of nitrogens with zero attached hydrogens (tertiary/aromatic N) is 7. The number of hydrogen-bond donors (Lipinski definition) is 1. The zero-order valence-electron chi connectivity index (χ0n) is 18.6. The average Bonchev–Trinajstić information content (AvgIpc) is 3.59. The molecule has 0 spiro atoms. The molecule has 12 heteroatoms. The van der Waals surface area contributed by atoms with Crippen molar-refractivity contribution in [2.75, 3.05) is 5.73 Å². The second kappa shape index (κ2) is 8.65. The number of halogens is 3. The number of tetrazole rings is 1. The largest absolute Gasteiger partial charge is 0.384 e. The Labute approximate surface area is 213 Å². The average molecular weight is 523 g/mol. The van der Waals surface area contributed by atoms with Gasteiger partial charge < -0.3 is 10.3 Å². The second-order valence-corrected chi connectivity index (χ2v) is 9.33. The van der Waals surface area contributed by atoms with Crippen LogP contribution in [0.2, 0.25) is 5.02 Å². The minimum absolute atomic E-state index is 0.0853. The van der Waals surface area contributed by atoms with E-state index in [0.717, 1.165) is 11.3 Å². The standard InChI is InChI=1S/C24H17Cl2FN8O/c25-13-1-4-19(34-11-29-32-33-34)16(9-13)12-7-14-2-5-20(35(14)22(36)8-12)18-10-17(23(26)30-18)15-3-6-21(28)31-24(15)27/h1,3-4,6-9,11,20H,2,5,10H2,(H2,28,31)/t20-/m0/s1. The normalized spacial score (nSPS) is 17.0. The first kappa shape index (κ1) is 22.6. The molecule has 2 aliphatic rings. The number of allylic oxidation sites excluding steroid dienone is 1. The highest BCUT2D eigenvalue weighted by Crippen LogP contribution is 2.39. The Morgan fingerprint density at radius 2 is 1.94 bits per heavy atom. The molecule has 36 heavy (non-hydrogen) atoms. The summed E-state index contributed by atoms with van der Waals surface area (Å²) in [6.45, 7) is 0. The predicted molar refractivity (Wildman–Crippen MR) is 135 cm³/mol. The molecule has 4 aromatic rings. The van der Waals surface area contributed by atoms with Gasteiger partial charge in [-0.15, -0.1) is 5.10 Å². The Morgan fingerprint density at radius 1 is 1.08 bits per heavy atom. The number of aromatic nitrogens is 6. The predicted octanol–water partition coefficient (Wildman–Crippen LogP) is 4.20. The summed E-state index contributed by atoms with van der Waals surface area (Å²) in [4.78, 5) is 21.6. The van der Waals surface area contributed by atoms with Crippen LogP contribution in [0.5, 0.6) is 0 Å². The first-order chi connectivity index (χ1) is 17.4. The van der Waals surface area contributed by atoms with E-state index < -0.39 is 5.95 Å². The molecule has 0 radical (unpaired) electrons. The number of pyridine rings is 2. The molecule has 180 valence electrons. The van der Waals surface area contributed by atoms with Crippen molar-refractivity contribution in [3.8, 4) is 16.8 Å². The monoisotopic (exact) mass is 522 g/mol. The van der Waals surface area contributed by atoms with Crippen LogP contribution in [-0.4, -0.2) is 35.5 Å². The van der Waals surface area contributed by atoms with E-state index in [4.69, 9.17) is 28.9 Å². The van der Waals surface area contributed by atoms with Gasteiger partial charge in [0.25, 0.3) is 5.56 Å². The lowest BCUT2D eigenvalue weighted by Crippen LogP contribution is -2.27. The Bertz CT molecular complexity index is 1640.